The number of nitrogens with zero attached hydrogens (tertiary/aromatic N) is 2. The summed E-state index contributed by atoms with van der Waals surface area (Å²) < 4.78 is 7.89. The first-order valence-corrected chi connectivity index (χ1v) is 6.90. The molecule has 2 N–H and O–H groups in total. The van der Waals surface area contributed by atoms with Crippen molar-refractivity contribution in [3.05, 3.63) is 38.8 Å². The largest absolute Gasteiger partial charge is 0.383 e. The quantitative estimate of drug-likeness (QED) is 0.921. The Morgan fingerprint density at radius 1 is 1.65 bits per heavy atom. The van der Waals surface area contributed by atoms with Crippen LogP contribution in [0.25, 0.3) is 0 Å². The smallest absolute Gasteiger partial charge is 0.0828 e. The predicted octanol–water partition coefficient (Wildman–Crippen LogP) is 2.40. The summed E-state index contributed by atoms with van der Waals surface area (Å²) in [6.45, 7) is 1.33. The Morgan fingerprint density at radius 3 is 3.12 bits per heavy atom. The van der Waals surface area contributed by atoms with Gasteiger partial charge in [-0.3, -0.25) is 4.68 Å². The molecule has 2 aromatic heterocycles. The number of halogens is 1. The van der Waals surface area contributed by atoms with Gasteiger partial charge in [0.15, 0.2) is 0 Å². The SMILES string of the molecule is COCCn1ncc(Br)c1C(N)c1cccs1. The first kappa shape index (κ1) is 12.8. The number of ether oxygens (including phenoxy) is 1. The molecule has 2 aromatic rings. The molecule has 0 aliphatic heterocycles. The summed E-state index contributed by atoms with van der Waals surface area (Å²) in [5, 5.41) is 6.33. The Morgan fingerprint density at radius 2 is 2.47 bits per heavy atom. The number of aromatic nitrogens is 2. The molecule has 0 radical (unpaired) electrons. The minimum Gasteiger partial charge on any atom is -0.383 e. The van der Waals surface area contributed by atoms with Gasteiger partial charge in [0, 0.05) is 12.0 Å². The Labute approximate surface area is 113 Å². The van der Waals surface area contributed by atoms with E-state index in [0.29, 0.717) is 13.2 Å². The highest BCUT2D eigenvalue weighted by molar-refractivity contribution is 9.10. The molecular formula is C11H14BrN3OS. The van der Waals surface area contributed by atoms with Crippen molar-refractivity contribution >= 4 is 27.3 Å². The van der Waals surface area contributed by atoms with Crippen LogP contribution in [0, 0.1) is 0 Å². The standard InChI is InChI=1S/C11H14BrN3OS/c1-16-5-4-15-11(8(12)7-14-15)10(13)9-3-2-6-17-9/h2-3,6-7,10H,4-5,13H2,1H3. The van der Waals surface area contributed by atoms with E-state index in [4.69, 9.17) is 10.5 Å². The van der Waals surface area contributed by atoms with Crippen molar-refractivity contribution < 1.29 is 4.74 Å². The molecule has 0 aliphatic carbocycles. The van der Waals surface area contributed by atoms with E-state index in [1.54, 1.807) is 24.6 Å². The zero-order valence-corrected chi connectivity index (χ0v) is 11.9. The van der Waals surface area contributed by atoms with Gasteiger partial charge in [-0.2, -0.15) is 5.10 Å². The molecule has 0 saturated heterocycles. The van der Waals surface area contributed by atoms with Gasteiger partial charge in [-0.05, 0) is 27.4 Å². The van der Waals surface area contributed by atoms with E-state index in [1.807, 2.05) is 22.2 Å². The Hall–Kier alpha value is -0.690. The zero-order valence-electron chi connectivity index (χ0n) is 9.47. The van der Waals surface area contributed by atoms with E-state index < -0.39 is 0 Å². The van der Waals surface area contributed by atoms with Crippen molar-refractivity contribution in [1.82, 2.24) is 9.78 Å². The molecule has 1 atom stereocenters. The van der Waals surface area contributed by atoms with Crippen molar-refractivity contribution in [1.29, 1.82) is 0 Å². The van der Waals surface area contributed by atoms with Crippen LogP contribution in [0.15, 0.2) is 28.2 Å². The van der Waals surface area contributed by atoms with Crippen molar-refractivity contribution in [3.8, 4) is 0 Å². The molecule has 4 nitrogen and oxygen atoms in total. The maximum atomic E-state index is 6.26. The lowest BCUT2D eigenvalue weighted by atomic mass is 10.2. The van der Waals surface area contributed by atoms with E-state index in [-0.39, 0.29) is 6.04 Å². The Balaban J connectivity index is 2.27. The molecular weight excluding hydrogens is 302 g/mol. The van der Waals surface area contributed by atoms with Crippen LogP contribution in [0.3, 0.4) is 0 Å². The Bertz CT molecular complexity index is 469. The molecule has 92 valence electrons. The summed E-state index contributed by atoms with van der Waals surface area (Å²) in [4.78, 5) is 1.13. The van der Waals surface area contributed by atoms with E-state index in [1.165, 1.54) is 0 Å². The second-order valence-corrected chi connectivity index (χ2v) is 5.42. The van der Waals surface area contributed by atoms with Gasteiger partial charge in [0.05, 0.1) is 35.6 Å². The van der Waals surface area contributed by atoms with Gasteiger partial charge >= 0.3 is 0 Å². The molecule has 0 bridgehead atoms. The van der Waals surface area contributed by atoms with Crippen molar-refractivity contribution in [2.75, 3.05) is 13.7 Å². The van der Waals surface area contributed by atoms with E-state index >= 15 is 0 Å². The molecule has 0 amide bonds. The topological polar surface area (TPSA) is 53.1 Å². The number of nitrogens with two attached hydrogens (primary N) is 1. The number of hydrogen-bond acceptors (Lipinski definition) is 4. The van der Waals surface area contributed by atoms with Gasteiger partial charge < -0.3 is 10.5 Å². The molecule has 0 aliphatic rings. The van der Waals surface area contributed by atoms with Crippen LogP contribution < -0.4 is 5.73 Å². The average Bonchev–Trinajstić information content (AvgIpc) is 2.95. The van der Waals surface area contributed by atoms with Gasteiger partial charge in [-0.25, -0.2) is 0 Å². The highest BCUT2D eigenvalue weighted by atomic mass is 79.9. The minimum absolute atomic E-state index is 0.149. The normalized spacial score (nSPS) is 12.9. The summed E-state index contributed by atoms with van der Waals surface area (Å²) in [6, 6.07) is 3.89. The summed E-state index contributed by atoms with van der Waals surface area (Å²) >= 11 is 5.15. The van der Waals surface area contributed by atoms with Crippen molar-refractivity contribution in [3.63, 3.8) is 0 Å². The number of rotatable bonds is 5. The van der Waals surface area contributed by atoms with Crippen LogP contribution >= 0.6 is 27.3 Å². The van der Waals surface area contributed by atoms with E-state index in [9.17, 15) is 0 Å². The first-order chi connectivity index (χ1) is 8.24. The predicted molar refractivity (Wildman–Crippen MR) is 72.2 cm³/mol. The molecule has 0 aromatic carbocycles. The fourth-order valence-corrected chi connectivity index (χ4v) is 2.91. The third kappa shape index (κ3) is 2.77. The van der Waals surface area contributed by atoms with Crippen LogP contribution in [0.5, 0.6) is 0 Å². The molecule has 17 heavy (non-hydrogen) atoms. The van der Waals surface area contributed by atoms with Crippen LogP contribution in [0.2, 0.25) is 0 Å². The lowest BCUT2D eigenvalue weighted by Gasteiger charge is -2.13. The van der Waals surface area contributed by atoms with E-state index in [0.717, 1.165) is 15.0 Å². The third-order valence-corrected chi connectivity index (χ3v) is 4.05. The van der Waals surface area contributed by atoms with Gasteiger partial charge in [-0.1, -0.05) is 6.07 Å². The van der Waals surface area contributed by atoms with E-state index in [2.05, 4.69) is 21.0 Å². The summed E-state index contributed by atoms with van der Waals surface area (Å²) in [7, 11) is 1.68. The summed E-state index contributed by atoms with van der Waals surface area (Å²) in [5.74, 6) is 0. The fourth-order valence-electron chi connectivity index (χ4n) is 1.64. The minimum atomic E-state index is -0.149. The second kappa shape index (κ2) is 5.77. The van der Waals surface area contributed by atoms with Crippen LogP contribution in [0.4, 0.5) is 0 Å². The molecule has 6 heteroatoms. The highest BCUT2D eigenvalue weighted by Crippen LogP contribution is 2.29. The van der Waals surface area contributed by atoms with Crippen molar-refractivity contribution in [2.24, 2.45) is 5.73 Å². The number of hydrogen-bond donors (Lipinski definition) is 1. The summed E-state index contributed by atoms with van der Waals surface area (Å²) in [6.07, 6.45) is 1.78. The second-order valence-electron chi connectivity index (χ2n) is 3.59. The third-order valence-electron chi connectivity index (χ3n) is 2.48. The van der Waals surface area contributed by atoms with Gasteiger partial charge in [0.25, 0.3) is 0 Å². The number of thiophene rings is 1. The van der Waals surface area contributed by atoms with Crippen molar-refractivity contribution in [2.45, 2.75) is 12.6 Å². The van der Waals surface area contributed by atoms with Gasteiger partial charge in [-0.15, -0.1) is 11.3 Å². The monoisotopic (exact) mass is 315 g/mol. The maximum Gasteiger partial charge on any atom is 0.0828 e. The van der Waals surface area contributed by atoms with Crippen LogP contribution in [-0.2, 0) is 11.3 Å². The molecule has 0 spiro atoms. The number of methoxy groups -OCH3 is 1. The lowest BCUT2D eigenvalue weighted by molar-refractivity contribution is 0.182. The van der Waals surface area contributed by atoms with Gasteiger partial charge in [0.2, 0.25) is 0 Å². The average molecular weight is 316 g/mol. The first-order valence-electron chi connectivity index (χ1n) is 5.23. The fraction of sp³-hybridized carbons (Fsp3) is 0.364. The molecule has 0 fully saturated rings. The molecule has 2 rings (SSSR count). The van der Waals surface area contributed by atoms with Gasteiger partial charge in [0.1, 0.15) is 0 Å². The highest BCUT2D eigenvalue weighted by Gasteiger charge is 2.18. The van der Waals surface area contributed by atoms with Crippen LogP contribution in [0.1, 0.15) is 16.6 Å². The summed E-state index contributed by atoms with van der Waals surface area (Å²) in [5.41, 5.74) is 7.25. The Kier molecular flexibility index (Phi) is 4.33. The molecule has 1 unspecified atom stereocenters. The molecule has 2 heterocycles. The molecule has 0 saturated carbocycles. The lowest BCUT2D eigenvalue weighted by Crippen LogP contribution is -2.18. The maximum absolute atomic E-state index is 6.26. The zero-order chi connectivity index (χ0) is 12.3. The van der Waals surface area contributed by atoms with Crippen LogP contribution in [-0.4, -0.2) is 23.5 Å².